The van der Waals surface area contributed by atoms with Gasteiger partial charge < -0.3 is 5.73 Å². The van der Waals surface area contributed by atoms with Gasteiger partial charge in [0.05, 0.1) is 0 Å². The maximum absolute atomic E-state index is 7.63. The summed E-state index contributed by atoms with van der Waals surface area (Å²) >= 11 is 4.11. The molecule has 0 aliphatic carbocycles. The van der Waals surface area contributed by atoms with Gasteiger partial charge >= 0.3 is 0 Å². The van der Waals surface area contributed by atoms with Gasteiger partial charge in [-0.25, -0.2) is 0 Å². The molecule has 0 radical (unpaired) electrons. The molecule has 3 heteroatoms. The van der Waals surface area contributed by atoms with Gasteiger partial charge in [-0.15, -0.1) is 0 Å². The van der Waals surface area contributed by atoms with Crippen LogP contribution >= 0.6 is 12.2 Å². The molecule has 26 valence electrons. The number of hydrogen-bond donors (Lipinski definition) is 1. The number of hydrogen-bond acceptors (Lipinski definition) is 2. The summed E-state index contributed by atoms with van der Waals surface area (Å²) in [7, 11) is 0. The molecule has 2 nitrogen and oxygen atoms in total. The number of nitrogens with zero attached hydrogens (tertiary/aromatic N) is 1. The van der Waals surface area contributed by atoms with Gasteiger partial charge in [-0.05, 0) is 12.2 Å². The Morgan fingerprint density at radius 2 is 2.20 bits per heavy atom. The minimum Gasteiger partial charge on any atom is -0.381 e. The molecule has 0 heterocycles. The van der Waals surface area contributed by atoms with Crippen molar-refractivity contribution in [3.8, 4) is 6.07 Å². The van der Waals surface area contributed by atoms with E-state index in [-0.39, 0.29) is 4.99 Å². The van der Waals surface area contributed by atoms with Gasteiger partial charge in [0.15, 0.2) is 4.99 Å². The van der Waals surface area contributed by atoms with Gasteiger partial charge in [-0.1, -0.05) is 0 Å². The van der Waals surface area contributed by atoms with Crippen LogP contribution in [-0.2, 0) is 0 Å². The lowest BCUT2D eigenvalue weighted by Crippen LogP contribution is -2.01. The van der Waals surface area contributed by atoms with Crippen LogP contribution in [0.5, 0.6) is 0 Å². The summed E-state index contributed by atoms with van der Waals surface area (Å²) in [4.78, 5) is -0.106. The Morgan fingerprint density at radius 1 is 2.00 bits per heavy atom. The molecule has 0 rings (SSSR count). The van der Waals surface area contributed by atoms with Crippen molar-refractivity contribution in [3.05, 3.63) is 0 Å². The SMILES string of the molecule is N#CC(N)=S. The van der Waals surface area contributed by atoms with Gasteiger partial charge in [0.25, 0.3) is 0 Å². The normalized spacial score (nSPS) is 5.40. The van der Waals surface area contributed by atoms with Crippen molar-refractivity contribution >= 4 is 17.2 Å². The van der Waals surface area contributed by atoms with Crippen molar-refractivity contribution < 1.29 is 0 Å². The van der Waals surface area contributed by atoms with Crippen molar-refractivity contribution in [1.29, 1.82) is 5.26 Å². The Bertz CT molecular complexity index is 80.1. The third-order valence-electron chi connectivity index (χ3n) is 0.110. The molecule has 0 bridgehead atoms. The van der Waals surface area contributed by atoms with E-state index in [0.29, 0.717) is 0 Å². The number of nitriles is 1. The van der Waals surface area contributed by atoms with E-state index in [1.54, 1.807) is 0 Å². The van der Waals surface area contributed by atoms with Crippen LogP contribution in [0.15, 0.2) is 0 Å². The second kappa shape index (κ2) is 1.68. The van der Waals surface area contributed by atoms with Gasteiger partial charge in [0, 0.05) is 0 Å². The highest BCUT2D eigenvalue weighted by atomic mass is 32.1. The molecular weight excluding hydrogens is 84.1 g/mol. The molecule has 0 fully saturated rings. The molecule has 0 saturated heterocycles. The van der Waals surface area contributed by atoms with E-state index in [9.17, 15) is 0 Å². The fourth-order valence-corrected chi connectivity index (χ4v) is 0. The van der Waals surface area contributed by atoms with E-state index < -0.39 is 0 Å². The summed E-state index contributed by atoms with van der Waals surface area (Å²) in [5, 5.41) is 7.63. The number of rotatable bonds is 0. The first kappa shape index (κ1) is 4.38. The first-order valence-electron chi connectivity index (χ1n) is 0.966. The second-order valence-electron chi connectivity index (χ2n) is 0.476. The number of nitrogens with two attached hydrogens (primary N) is 1. The number of thiocarbonyl (C=S) groups is 1. The Kier molecular flexibility index (Phi) is 1.47. The summed E-state index contributed by atoms with van der Waals surface area (Å²) in [6, 6.07) is 1.54. The molecule has 0 spiro atoms. The molecule has 0 aromatic heterocycles. The van der Waals surface area contributed by atoms with Gasteiger partial charge in [0.2, 0.25) is 0 Å². The van der Waals surface area contributed by atoms with Crippen LogP contribution in [0.4, 0.5) is 0 Å². The topological polar surface area (TPSA) is 49.8 Å². The molecular formula is C2H2N2S. The molecule has 5 heavy (non-hydrogen) atoms. The summed E-state index contributed by atoms with van der Waals surface area (Å²) in [5.41, 5.74) is 4.66. The van der Waals surface area contributed by atoms with Crippen LogP contribution in [0, 0.1) is 11.3 Å². The van der Waals surface area contributed by atoms with Crippen LogP contribution < -0.4 is 5.73 Å². The lowest BCUT2D eigenvalue weighted by atomic mass is 10.8. The highest BCUT2D eigenvalue weighted by Crippen LogP contribution is 1.50. The van der Waals surface area contributed by atoms with Crippen molar-refractivity contribution in [1.82, 2.24) is 0 Å². The maximum Gasteiger partial charge on any atom is 0.175 e. The zero-order valence-corrected chi connectivity index (χ0v) is 3.25. The summed E-state index contributed by atoms with van der Waals surface area (Å²) in [5.74, 6) is 0. The molecule has 0 amide bonds. The first-order chi connectivity index (χ1) is 2.27. The fourth-order valence-electron chi connectivity index (χ4n) is 0. The Hall–Kier alpha value is -0.620. The molecule has 0 atom stereocenters. The zero-order valence-electron chi connectivity index (χ0n) is 2.43. The Morgan fingerprint density at radius 3 is 2.20 bits per heavy atom. The lowest BCUT2D eigenvalue weighted by Gasteiger charge is -1.61. The average molecular weight is 86.1 g/mol. The van der Waals surface area contributed by atoms with E-state index in [2.05, 4.69) is 18.0 Å². The molecule has 0 saturated carbocycles. The summed E-state index contributed by atoms with van der Waals surface area (Å²) in [6.45, 7) is 0. The molecule has 2 N–H and O–H groups in total. The zero-order chi connectivity index (χ0) is 4.28. The smallest absolute Gasteiger partial charge is 0.175 e. The van der Waals surface area contributed by atoms with E-state index in [1.807, 2.05) is 0 Å². The second-order valence-corrected chi connectivity index (χ2v) is 0.916. The third kappa shape index (κ3) is 3.38. The van der Waals surface area contributed by atoms with E-state index in [0.717, 1.165) is 0 Å². The molecule has 0 aliphatic heterocycles. The summed E-state index contributed by atoms with van der Waals surface area (Å²) in [6.07, 6.45) is 0. The predicted molar refractivity (Wildman–Crippen MR) is 22.4 cm³/mol. The summed E-state index contributed by atoms with van der Waals surface area (Å²) < 4.78 is 0. The van der Waals surface area contributed by atoms with Crippen LogP contribution in [0.2, 0.25) is 0 Å². The maximum atomic E-state index is 7.63. The fraction of sp³-hybridized carbons (Fsp3) is 0. The molecule has 0 aliphatic rings. The quantitative estimate of drug-likeness (QED) is 0.415. The van der Waals surface area contributed by atoms with E-state index >= 15 is 0 Å². The first-order valence-corrected chi connectivity index (χ1v) is 1.37. The van der Waals surface area contributed by atoms with Crippen LogP contribution in [0.1, 0.15) is 0 Å². The Labute approximate surface area is 35.2 Å². The largest absolute Gasteiger partial charge is 0.381 e. The van der Waals surface area contributed by atoms with Gasteiger partial charge in [-0.3, -0.25) is 0 Å². The van der Waals surface area contributed by atoms with Crippen molar-refractivity contribution in [2.45, 2.75) is 0 Å². The standard InChI is InChI=1S/C2H2N2S/c3-1-2(4)5/h(H2,4,5). The molecule has 0 aromatic carbocycles. The van der Waals surface area contributed by atoms with Crippen LogP contribution in [0.25, 0.3) is 0 Å². The predicted octanol–water partition coefficient (Wildman–Crippen LogP) is -0.204. The minimum absolute atomic E-state index is 0.106. The lowest BCUT2D eigenvalue weighted by molar-refractivity contribution is 1.54. The van der Waals surface area contributed by atoms with Crippen LogP contribution in [0.3, 0.4) is 0 Å². The van der Waals surface area contributed by atoms with E-state index in [1.165, 1.54) is 6.07 Å². The van der Waals surface area contributed by atoms with E-state index in [4.69, 9.17) is 5.26 Å². The minimum atomic E-state index is -0.106. The van der Waals surface area contributed by atoms with Crippen LogP contribution in [-0.4, -0.2) is 4.99 Å². The highest BCUT2D eigenvalue weighted by Gasteiger charge is 1.68. The third-order valence-corrected chi connectivity index (χ3v) is 0.201. The van der Waals surface area contributed by atoms with Gasteiger partial charge in [0.1, 0.15) is 6.07 Å². The monoisotopic (exact) mass is 86.0 g/mol. The van der Waals surface area contributed by atoms with Crippen molar-refractivity contribution in [3.63, 3.8) is 0 Å². The average Bonchev–Trinajstić information content (AvgIpc) is 1.38. The highest BCUT2D eigenvalue weighted by molar-refractivity contribution is 7.80. The van der Waals surface area contributed by atoms with Gasteiger partial charge in [-0.2, -0.15) is 5.26 Å². The van der Waals surface area contributed by atoms with Crippen molar-refractivity contribution in [2.75, 3.05) is 0 Å². The molecule has 0 aromatic rings. The Balaban J connectivity index is 3.35. The van der Waals surface area contributed by atoms with Crippen molar-refractivity contribution in [2.24, 2.45) is 5.73 Å². The molecule has 0 unspecified atom stereocenters.